The summed E-state index contributed by atoms with van der Waals surface area (Å²) in [4.78, 5) is 16.0. The van der Waals surface area contributed by atoms with Crippen LogP contribution in [0, 0.1) is 17.5 Å². The average Bonchev–Trinajstić information content (AvgIpc) is 2.60. The van der Waals surface area contributed by atoms with E-state index in [1.165, 1.54) is 6.07 Å². The molecule has 0 spiro atoms. The van der Waals surface area contributed by atoms with Crippen LogP contribution in [0.3, 0.4) is 0 Å². The Morgan fingerprint density at radius 3 is 2.28 bits per heavy atom. The molecule has 0 radical (unpaired) electrons. The van der Waals surface area contributed by atoms with E-state index in [0.717, 1.165) is 0 Å². The number of halogens is 3. The molecule has 0 aliphatic carbocycles. The second kappa shape index (κ2) is 7.04. The lowest BCUT2D eigenvalue weighted by Gasteiger charge is -2.09. The highest BCUT2D eigenvalue weighted by molar-refractivity contribution is 6.04. The van der Waals surface area contributed by atoms with Crippen molar-refractivity contribution in [2.24, 2.45) is 0 Å². The number of benzene rings is 2. The van der Waals surface area contributed by atoms with Crippen molar-refractivity contribution >= 4 is 11.6 Å². The van der Waals surface area contributed by atoms with Crippen molar-refractivity contribution in [3.05, 3.63) is 83.9 Å². The van der Waals surface area contributed by atoms with Gasteiger partial charge in [-0.25, -0.2) is 13.2 Å². The Kier molecular flexibility index (Phi) is 4.65. The third kappa shape index (κ3) is 3.95. The number of pyridine rings is 1. The highest BCUT2D eigenvalue weighted by Gasteiger charge is 2.15. The van der Waals surface area contributed by atoms with Gasteiger partial charge < -0.3 is 10.1 Å². The Morgan fingerprint density at radius 2 is 1.60 bits per heavy atom. The van der Waals surface area contributed by atoms with Gasteiger partial charge in [0.1, 0.15) is 11.5 Å². The van der Waals surface area contributed by atoms with Gasteiger partial charge in [0.2, 0.25) is 0 Å². The van der Waals surface area contributed by atoms with E-state index in [4.69, 9.17) is 4.74 Å². The Labute approximate surface area is 140 Å². The standard InChI is InChI=1S/C18H11F3N2O2/c19-15-8-11(9-16(20)17(15)21)18(24)23-12-2-1-3-14(10-12)25-13-4-6-22-7-5-13/h1-10H,(H,23,24). The van der Waals surface area contributed by atoms with Crippen molar-refractivity contribution in [3.8, 4) is 11.5 Å². The fourth-order valence-corrected chi connectivity index (χ4v) is 2.07. The van der Waals surface area contributed by atoms with Crippen LogP contribution in [0.4, 0.5) is 18.9 Å². The number of hydrogen-bond acceptors (Lipinski definition) is 3. The van der Waals surface area contributed by atoms with Gasteiger partial charge in [0.15, 0.2) is 17.5 Å². The minimum absolute atomic E-state index is 0.336. The summed E-state index contributed by atoms with van der Waals surface area (Å²) in [6.45, 7) is 0. The quantitative estimate of drug-likeness (QED) is 0.707. The summed E-state index contributed by atoms with van der Waals surface area (Å²) in [6, 6.07) is 11.0. The van der Waals surface area contributed by atoms with Crippen LogP contribution < -0.4 is 10.1 Å². The van der Waals surface area contributed by atoms with Crippen molar-refractivity contribution in [1.29, 1.82) is 0 Å². The summed E-state index contributed by atoms with van der Waals surface area (Å²) < 4.78 is 45.0. The predicted molar refractivity (Wildman–Crippen MR) is 85.0 cm³/mol. The number of hydrogen-bond donors (Lipinski definition) is 1. The summed E-state index contributed by atoms with van der Waals surface area (Å²) in [5.41, 5.74) is 0.0125. The van der Waals surface area contributed by atoms with Gasteiger partial charge in [-0.2, -0.15) is 0 Å². The number of carbonyl (C=O) groups is 1. The molecule has 25 heavy (non-hydrogen) atoms. The van der Waals surface area contributed by atoms with E-state index >= 15 is 0 Å². The maximum absolute atomic E-state index is 13.2. The molecule has 4 nitrogen and oxygen atoms in total. The Hall–Kier alpha value is -3.35. The van der Waals surface area contributed by atoms with Gasteiger partial charge >= 0.3 is 0 Å². The summed E-state index contributed by atoms with van der Waals surface area (Å²) in [5.74, 6) is -4.26. The lowest BCUT2D eigenvalue weighted by atomic mass is 10.2. The molecule has 2 aromatic carbocycles. The molecule has 1 heterocycles. The molecule has 7 heteroatoms. The van der Waals surface area contributed by atoms with Gasteiger partial charge in [0.05, 0.1) is 0 Å². The van der Waals surface area contributed by atoms with E-state index in [2.05, 4.69) is 10.3 Å². The first-order valence-electron chi connectivity index (χ1n) is 7.17. The van der Waals surface area contributed by atoms with Crippen LogP contribution in [-0.4, -0.2) is 10.9 Å². The fraction of sp³-hybridized carbons (Fsp3) is 0. The summed E-state index contributed by atoms with van der Waals surface area (Å²) >= 11 is 0. The van der Waals surface area contributed by atoms with Crippen LogP contribution >= 0.6 is 0 Å². The first kappa shape index (κ1) is 16.5. The van der Waals surface area contributed by atoms with Crippen LogP contribution in [0.1, 0.15) is 10.4 Å². The molecule has 126 valence electrons. The van der Waals surface area contributed by atoms with Gasteiger partial charge in [-0.3, -0.25) is 9.78 Å². The maximum atomic E-state index is 13.2. The summed E-state index contributed by atoms with van der Waals surface area (Å²) in [5, 5.41) is 2.47. The topological polar surface area (TPSA) is 51.2 Å². The molecule has 0 aliphatic rings. The molecule has 0 atom stereocenters. The van der Waals surface area contributed by atoms with Crippen molar-refractivity contribution in [3.63, 3.8) is 0 Å². The molecule has 3 rings (SSSR count). The SMILES string of the molecule is O=C(Nc1cccc(Oc2ccncc2)c1)c1cc(F)c(F)c(F)c1. The first-order chi connectivity index (χ1) is 12.0. The number of carbonyl (C=O) groups excluding carboxylic acids is 1. The van der Waals surface area contributed by atoms with E-state index in [9.17, 15) is 18.0 Å². The molecule has 1 N–H and O–H groups in total. The number of aromatic nitrogens is 1. The highest BCUT2D eigenvalue weighted by Crippen LogP contribution is 2.24. The molecule has 0 bridgehead atoms. The van der Waals surface area contributed by atoms with Crippen LogP contribution in [0.5, 0.6) is 11.5 Å². The Bertz CT molecular complexity index is 894. The van der Waals surface area contributed by atoms with Crippen LogP contribution in [0.15, 0.2) is 60.9 Å². The Balaban J connectivity index is 1.77. The molecule has 1 aromatic heterocycles. The van der Waals surface area contributed by atoms with E-state index in [-0.39, 0.29) is 5.56 Å². The lowest BCUT2D eigenvalue weighted by Crippen LogP contribution is -2.13. The monoisotopic (exact) mass is 344 g/mol. The van der Waals surface area contributed by atoms with E-state index in [1.54, 1.807) is 42.7 Å². The number of ether oxygens (including phenoxy) is 1. The van der Waals surface area contributed by atoms with Crippen LogP contribution in [0.25, 0.3) is 0 Å². The minimum atomic E-state index is -1.62. The lowest BCUT2D eigenvalue weighted by molar-refractivity contribution is 0.102. The third-order valence-electron chi connectivity index (χ3n) is 3.22. The molecule has 0 aliphatic heterocycles. The van der Waals surface area contributed by atoms with Crippen molar-refractivity contribution in [2.45, 2.75) is 0 Å². The maximum Gasteiger partial charge on any atom is 0.255 e. The number of rotatable bonds is 4. The minimum Gasteiger partial charge on any atom is -0.457 e. The predicted octanol–water partition coefficient (Wildman–Crippen LogP) is 4.54. The van der Waals surface area contributed by atoms with Gasteiger partial charge in [-0.05, 0) is 36.4 Å². The molecular weight excluding hydrogens is 333 g/mol. The fourth-order valence-electron chi connectivity index (χ4n) is 2.07. The normalized spacial score (nSPS) is 10.4. The summed E-state index contributed by atoms with van der Waals surface area (Å²) in [6.07, 6.45) is 3.14. The number of nitrogens with zero attached hydrogens (tertiary/aromatic N) is 1. The molecule has 3 aromatic rings. The smallest absolute Gasteiger partial charge is 0.255 e. The zero-order valence-electron chi connectivity index (χ0n) is 12.7. The highest BCUT2D eigenvalue weighted by atomic mass is 19.2. The molecule has 0 saturated carbocycles. The largest absolute Gasteiger partial charge is 0.457 e. The van der Waals surface area contributed by atoms with Crippen LogP contribution in [-0.2, 0) is 0 Å². The zero-order chi connectivity index (χ0) is 17.8. The molecular formula is C18H11F3N2O2. The number of anilines is 1. The molecule has 0 fully saturated rings. The average molecular weight is 344 g/mol. The van der Waals surface area contributed by atoms with Crippen molar-refractivity contribution in [2.75, 3.05) is 5.32 Å². The van der Waals surface area contributed by atoms with Crippen molar-refractivity contribution in [1.82, 2.24) is 4.98 Å². The van der Waals surface area contributed by atoms with E-state index in [1.807, 2.05) is 0 Å². The molecule has 1 amide bonds. The van der Waals surface area contributed by atoms with Gasteiger partial charge in [0.25, 0.3) is 5.91 Å². The first-order valence-corrected chi connectivity index (χ1v) is 7.17. The molecule has 0 unspecified atom stereocenters. The van der Waals surface area contributed by atoms with Crippen molar-refractivity contribution < 1.29 is 22.7 Å². The third-order valence-corrected chi connectivity index (χ3v) is 3.22. The number of nitrogens with one attached hydrogen (secondary N) is 1. The van der Waals surface area contributed by atoms with Crippen LogP contribution in [0.2, 0.25) is 0 Å². The van der Waals surface area contributed by atoms with Gasteiger partial charge in [-0.15, -0.1) is 0 Å². The second-order valence-corrected chi connectivity index (χ2v) is 5.02. The van der Waals surface area contributed by atoms with Gasteiger partial charge in [-0.1, -0.05) is 6.07 Å². The summed E-state index contributed by atoms with van der Waals surface area (Å²) in [7, 11) is 0. The van der Waals surface area contributed by atoms with Gasteiger partial charge in [0, 0.05) is 29.7 Å². The van der Waals surface area contributed by atoms with E-state index < -0.39 is 23.4 Å². The van der Waals surface area contributed by atoms with E-state index in [0.29, 0.717) is 29.3 Å². The molecule has 0 saturated heterocycles. The second-order valence-electron chi connectivity index (χ2n) is 5.02. The Morgan fingerprint density at radius 1 is 0.920 bits per heavy atom. The number of amides is 1. The zero-order valence-corrected chi connectivity index (χ0v) is 12.7.